The van der Waals surface area contributed by atoms with Crippen molar-refractivity contribution in [3.05, 3.63) is 66.3 Å². The number of benzene rings is 1. The average Bonchev–Trinajstić information content (AvgIpc) is 2.94. The Morgan fingerprint density at radius 2 is 1.79 bits per heavy atom. The number of aliphatic hydroxyl groups is 1. The summed E-state index contributed by atoms with van der Waals surface area (Å²) in [6.45, 7) is 13.2. The zero-order chi connectivity index (χ0) is 20.4. The molecule has 1 N–H and O–H groups in total. The normalized spacial score (nSPS) is 15.7. The van der Waals surface area contributed by atoms with Gasteiger partial charge in [-0.15, -0.1) is 11.6 Å². The van der Waals surface area contributed by atoms with Gasteiger partial charge in [-0.1, -0.05) is 53.3 Å². The molecule has 154 valence electrons. The molecule has 0 radical (unpaired) electrons. The molecule has 4 nitrogen and oxygen atoms in total. The molecule has 0 amide bonds. The van der Waals surface area contributed by atoms with Gasteiger partial charge in [0.2, 0.25) is 0 Å². The van der Waals surface area contributed by atoms with Gasteiger partial charge in [-0.25, -0.2) is 0 Å². The van der Waals surface area contributed by atoms with E-state index >= 15 is 0 Å². The van der Waals surface area contributed by atoms with Crippen molar-refractivity contribution in [1.82, 2.24) is 4.90 Å². The maximum atomic E-state index is 11.5. The molecule has 0 aromatic heterocycles. The van der Waals surface area contributed by atoms with Gasteiger partial charge < -0.3 is 14.9 Å². The van der Waals surface area contributed by atoms with Gasteiger partial charge in [0.15, 0.2) is 5.78 Å². The summed E-state index contributed by atoms with van der Waals surface area (Å²) in [5.74, 6) is 0.104. The first-order valence-electron chi connectivity index (χ1n) is 9.12. The molecule has 0 bridgehead atoms. The molecule has 5 heteroatoms. The van der Waals surface area contributed by atoms with Crippen LogP contribution in [0.15, 0.2) is 48.0 Å². The molecule has 0 spiro atoms. The molecule has 2 heterocycles. The van der Waals surface area contributed by atoms with E-state index in [2.05, 4.69) is 47.0 Å². The maximum absolute atomic E-state index is 11.5. The molecule has 0 atom stereocenters. The summed E-state index contributed by atoms with van der Waals surface area (Å²) in [5, 5.41) is 9.56. The first-order valence-corrected chi connectivity index (χ1v) is 9.12. The number of ketones is 1. The third-order valence-corrected chi connectivity index (χ3v) is 4.23. The molecule has 2 aliphatic rings. The van der Waals surface area contributed by atoms with Crippen molar-refractivity contribution in [3.63, 3.8) is 0 Å². The minimum Gasteiger partial charge on any atom is -0.512 e. The first-order chi connectivity index (χ1) is 12.4. The van der Waals surface area contributed by atoms with Gasteiger partial charge in [-0.2, -0.15) is 30.9 Å². The van der Waals surface area contributed by atoms with Crippen LogP contribution in [0.3, 0.4) is 0 Å². The fourth-order valence-electron chi connectivity index (χ4n) is 2.38. The van der Waals surface area contributed by atoms with Crippen molar-refractivity contribution in [2.24, 2.45) is 10.8 Å². The summed E-state index contributed by atoms with van der Waals surface area (Å²) in [7, 11) is 2.03. The molecule has 0 aliphatic carbocycles. The minimum atomic E-state index is -0.417. The fraction of sp³-hybridized carbons (Fsp3) is 0.391. The van der Waals surface area contributed by atoms with E-state index in [1.165, 1.54) is 17.3 Å². The van der Waals surface area contributed by atoms with Crippen molar-refractivity contribution in [1.29, 1.82) is 0 Å². The van der Waals surface area contributed by atoms with E-state index in [-0.39, 0.29) is 38.0 Å². The Hall–Kier alpha value is -1.80. The Morgan fingerprint density at radius 3 is 2.36 bits per heavy atom. The van der Waals surface area contributed by atoms with Crippen LogP contribution in [-0.4, -0.2) is 22.8 Å². The van der Waals surface area contributed by atoms with Gasteiger partial charge in [0.1, 0.15) is 5.76 Å². The molecule has 0 saturated heterocycles. The van der Waals surface area contributed by atoms with Crippen molar-refractivity contribution >= 4 is 17.5 Å². The van der Waals surface area contributed by atoms with Gasteiger partial charge in [-0.3, -0.25) is 4.79 Å². The van der Waals surface area contributed by atoms with Crippen LogP contribution in [0.1, 0.15) is 47.1 Å². The number of hydrogen-bond donors (Lipinski definition) is 1. The Bertz CT molecular complexity index is 796. The van der Waals surface area contributed by atoms with Crippen LogP contribution < -0.4 is 4.90 Å². The van der Waals surface area contributed by atoms with Crippen LogP contribution >= 0.6 is 0 Å². The Labute approximate surface area is 183 Å². The number of anilines is 1. The zero-order valence-electron chi connectivity index (χ0n) is 17.7. The van der Waals surface area contributed by atoms with E-state index in [4.69, 9.17) is 0 Å². The summed E-state index contributed by atoms with van der Waals surface area (Å²) >= 11 is 0. The third kappa shape index (κ3) is 6.10. The number of carbonyl (C=O) groups excluding carboxylic acids is 1. The predicted octanol–water partition coefficient (Wildman–Crippen LogP) is 5.31. The Balaban J connectivity index is 0.000000272. The fourth-order valence-corrected chi connectivity index (χ4v) is 2.38. The number of carbonyl (C=O) groups is 1. The van der Waals surface area contributed by atoms with E-state index in [1.807, 2.05) is 60.7 Å². The molecule has 0 unspecified atom stereocenters. The molecule has 2 aliphatic heterocycles. The quantitative estimate of drug-likeness (QED) is 0.287. The van der Waals surface area contributed by atoms with Gasteiger partial charge in [0, 0.05) is 22.6 Å². The second-order valence-electron chi connectivity index (χ2n) is 8.91. The van der Waals surface area contributed by atoms with E-state index in [1.54, 1.807) is 0 Å². The molecule has 0 saturated carbocycles. The van der Waals surface area contributed by atoms with Crippen LogP contribution in [0.25, 0.3) is 6.08 Å². The number of nitrogens with zero attached hydrogens (tertiary/aromatic N) is 2. The van der Waals surface area contributed by atoms with Crippen LogP contribution in [-0.2, 0) is 25.9 Å². The molecular weight excluding hydrogens is 531 g/mol. The summed E-state index contributed by atoms with van der Waals surface area (Å²) in [6, 6.07) is 9.32. The largest absolute Gasteiger partial charge is 2.00 e. The number of allylic oxidation sites excluding steroid dienone is 3. The van der Waals surface area contributed by atoms with Crippen LogP contribution in [0.5, 0.6) is 0 Å². The number of rotatable bonds is 1. The summed E-state index contributed by atoms with van der Waals surface area (Å²) < 4.78 is 0. The van der Waals surface area contributed by atoms with Crippen molar-refractivity contribution in [2.45, 2.75) is 41.5 Å². The van der Waals surface area contributed by atoms with Crippen molar-refractivity contribution in [2.75, 3.05) is 11.9 Å². The second kappa shape index (κ2) is 9.13. The molecule has 28 heavy (non-hydrogen) atoms. The third-order valence-electron chi connectivity index (χ3n) is 4.23. The van der Waals surface area contributed by atoms with Gasteiger partial charge in [0.25, 0.3) is 0 Å². The molecular formula is C23H30N2O2Pt. The Kier molecular flexibility index (Phi) is 7.90. The number of para-hydroxylation sites is 1. The van der Waals surface area contributed by atoms with Gasteiger partial charge in [-0.05, 0) is 13.2 Å². The van der Waals surface area contributed by atoms with E-state index in [0.29, 0.717) is 0 Å². The summed E-state index contributed by atoms with van der Waals surface area (Å²) in [5.41, 5.74) is 2.78. The number of hydrogen-bond acceptors (Lipinski definition) is 4. The maximum Gasteiger partial charge on any atom is 2.00 e. The monoisotopic (exact) mass is 561 g/mol. The molecule has 3 rings (SSSR count). The van der Waals surface area contributed by atoms with Gasteiger partial charge >= 0.3 is 21.1 Å². The summed E-state index contributed by atoms with van der Waals surface area (Å²) in [6.07, 6.45) is 7.68. The molecule has 1 aromatic rings. The second-order valence-corrected chi connectivity index (χ2v) is 8.91. The topological polar surface area (TPSA) is 43.8 Å². The van der Waals surface area contributed by atoms with E-state index in [9.17, 15) is 9.90 Å². The van der Waals surface area contributed by atoms with E-state index < -0.39 is 5.41 Å². The number of fused-ring (bicyclic) bond motifs is 3. The first kappa shape index (κ1) is 24.2. The summed E-state index contributed by atoms with van der Waals surface area (Å²) in [4.78, 5) is 15.7. The SMILES string of the molecule is CC(C)(C)C(=O)/C=C(\O)C(C)(C)C.CN1C=C2C=Cc3ccc[c-]c3N2[CH-]1.[Pt+2]. The van der Waals surface area contributed by atoms with Crippen LogP contribution in [0.2, 0.25) is 0 Å². The zero-order valence-corrected chi connectivity index (χ0v) is 20.0. The molecule has 0 fully saturated rings. The minimum absolute atomic E-state index is 0. The van der Waals surface area contributed by atoms with Crippen molar-refractivity contribution < 1.29 is 31.0 Å². The molecule has 1 aromatic carbocycles. The van der Waals surface area contributed by atoms with Gasteiger partial charge in [0.05, 0.1) is 0 Å². The van der Waals surface area contributed by atoms with E-state index in [0.717, 1.165) is 5.69 Å². The smallest absolute Gasteiger partial charge is 0.512 e. The average molecular weight is 562 g/mol. The van der Waals surface area contributed by atoms with Crippen LogP contribution in [0, 0.1) is 23.6 Å². The van der Waals surface area contributed by atoms with Crippen molar-refractivity contribution in [3.8, 4) is 0 Å². The number of aliphatic hydroxyl groups excluding tert-OH is 1. The Morgan fingerprint density at radius 1 is 1.14 bits per heavy atom. The standard InChI is InChI=1S/C12H10N2.C11H20O2.Pt/c1-13-8-11-7-6-10-4-2-3-5-12(10)14(11)9-13;1-10(2,3)8(12)7-9(13)11(4,5)6;/h2-4,6-9H,1H3;7,12H,1-6H3;/q-2;;+2/b;8-7-;. The predicted molar refractivity (Wildman–Crippen MR) is 112 cm³/mol. The van der Waals surface area contributed by atoms with Crippen LogP contribution in [0.4, 0.5) is 5.69 Å².